The number of nitrogens with one attached hydrogen (secondary N) is 1. The van der Waals surface area contributed by atoms with Crippen molar-refractivity contribution >= 4 is 28.8 Å². The molecule has 0 aliphatic rings. The molecule has 0 radical (unpaired) electrons. The van der Waals surface area contributed by atoms with Crippen molar-refractivity contribution in [1.82, 2.24) is 19.7 Å². The number of benzene rings is 1. The summed E-state index contributed by atoms with van der Waals surface area (Å²) >= 11 is 6.12. The average Bonchev–Trinajstić information content (AvgIpc) is 3.10. The highest BCUT2D eigenvalue weighted by Gasteiger charge is 2.11. The number of anilines is 3. The van der Waals surface area contributed by atoms with Gasteiger partial charge in [-0.15, -0.1) is 0 Å². The van der Waals surface area contributed by atoms with Gasteiger partial charge < -0.3 is 11.1 Å². The summed E-state index contributed by atoms with van der Waals surface area (Å²) in [5.41, 5.74) is 10.0. The summed E-state index contributed by atoms with van der Waals surface area (Å²) in [6, 6.07) is 11.7. The van der Waals surface area contributed by atoms with Crippen LogP contribution in [-0.2, 0) is 7.05 Å². The molecular formula is C20H16ClFN6. The second-order valence-corrected chi connectivity index (χ2v) is 6.61. The van der Waals surface area contributed by atoms with Crippen LogP contribution >= 0.6 is 11.6 Å². The summed E-state index contributed by atoms with van der Waals surface area (Å²) in [4.78, 5) is 8.33. The number of aromatic nitrogens is 4. The van der Waals surface area contributed by atoms with Crippen molar-refractivity contribution in [2.75, 3.05) is 11.1 Å². The molecule has 0 atom stereocenters. The first-order valence-electron chi connectivity index (χ1n) is 8.43. The molecule has 28 heavy (non-hydrogen) atoms. The highest BCUT2D eigenvalue weighted by Crippen LogP contribution is 2.31. The Bertz CT molecular complexity index is 1160. The summed E-state index contributed by atoms with van der Waals surface area (Å²) in [5, 5.41) is 7.52. The van der Waals surface area contributed by atoms with Crippen molar-refractivity contribution in [3.05, 3.63) is 72.0 Å². The normalized spacial score (nSPS) is 10.8. The maximum absolute atomic E-state index is 14.1. The number of rotatable bonds is 4. The molecule has 0 aliphatic carbocycles. The minimum absolute atomic E-state index is 0.203. The van der Waals surface area contributed by atoms with Crippen molar-refractivity contribution in [2.45, 2.75) is 0 Å². The number of aryl methyl sites for hydroxylation is 1. The quantitative estimate of drug-likeness (QED) is 0.388. The molecule has 1 aromatic carbocycles. The van der Waals surface area contributed by atoms with E-state index in [1.807, 2.05) is 31.4 Å². The Morgan fingerprint density at radius 3 is 2.68 bits per heavy atom. The van der Waals surface area contributed by atoms with Crippen LogP contribution in [0.15, 0.2) is 61.1 Å². The van der Waals surface area contributed by atoms with Gasteiger partial charge in [0.1, 0.15) is 22.5 Å². The highest BCUT2D eigenvalue weighted by atomic mass is 35.5. The van der Waals surface area contributed by atoms with E-state index in [9.17, 15) is 4.39 Å². The Morgan fingerprint density at radius 1 is 1.11 bits per heavy atom. The van der Waals surface area contributed by atoms with E-state index in [0.717, 1.165) is 11.1 Å². The third-order valence-corrected chi connectivity index (χ3v) is 4.37. The predicted molar refractivity (Wildman–Crippen MR) is 109 cm³/mol. The van der Waals surface area contributed by atoms with Gasteiger partial charge in [-0.2, -0.15) is 5.10 Å². The third-order valence-electron chi connectivity index (χ3n) is 4.18. The molecule has 0 amide bonds. The molecule has 8 heteroatoms. The molecular weight excluding hydrogens is 379 g/mol. The average molecular weight is 395 g/mol. The minimum atomic E-state index is -0.434. The molecule has 0 bridgehead atoms. The zero-order valence-corrected chi connectivity index (χ0v) is 15.7. The van der Waals surface area contributed by atoms with Gasteiger partial charge in [0.05, 0.1) is 17.6 Å². The first-order chi connectivity index (χ1) is 13.5. The van der Waals surface area contributed by atoms with Crippen LogP contribution in [0, 0.1) is 5.82 Å². The number of nitrogens with two attached hydrogens (primary N) is 1. The largest absolute Gasteiger partial charge is 0.397 e. The first-order valence-corrected chi connectivity index (χ1v) is 8.81. The van der Waals surface area contributed by atoms with E-state index in [0.29, 0.717) is 22.8 Å². The number of nitrogens with zero attached hydrogens (tertiary/aromatic N) is 4. The molecule has 140 valence electrons. The van der Waals surface area contributed by atoms with Crippen LogP contribution in [0.25, 0.3) is 22.4 Å². The number of pyridine rings is 2. The topological polar surface area (TPSA) is 81.7 Å². The second-order valence-electron chi connectivity index (χ2n) is 6.23. The van der Waals surface area contributed by atoms with Crippen LogP contribution in [0.3, 0.4) is 0 Å². The molecule has 0 saturated carbocycles. The SMILES string of the molecule is Cn1cc(-c2ccc(Nc3cc(-c4ncccc4F)cc(Cl)n3)c(N)c2)cn1. The fourth-order valence-electron chi connectivity index (χ4n) is 2.86. The number of nitrogen functional groups attached to an aromatic ring is 1. The van der Waals surface area contributed by atoms with E-state index in [2.05, 4.69) is 20.4 Å². The van der Waals surface area contributed by atoms with Gasteiger partial charge in [0, 0.05) is 30.6 Å². The summed E-state index contributed by atoms with van der Waals surface area (Å²) in [7, 11) is 1.86. The summed E-state index contributed by atoms with van der Waals surface area (Å²) in [6.07, 6.45) is 5.21. The summed E-state index contributed by atoms with van der Waals surface area (Å²) in [6.45, 7) is 0. The standard InChI is InChI=1S/C20H16ClFN6/c1-28-11-14(10-25-28)12-4-5-17(16(23)7-12)26-19-9-13(8-18(21)27-19)20-15(22)3-2-6-24-20/h2-11H,23H2,1H3,(H,26,27). The number of hydrogen-bond acceptors (Lipinski definition) is 5. The number of hydrogen-bond donors (Lipinski definition) is 2. The fourth-order valence-corrected chi connectivity index (χ4v) is 3.07. The maximum Gasteiger partial charge on any atom is 0.149 e. The Labute approximate surface area is 165 Å². The van der Waals surface area contributed by atoms with E-state index in [1.165, 1.54) is 18.3 Å². The van der Waals surface area contributed by atoms with Crippen LogP contribution < -0.4 is 11.1 Å². The lowest BCUT2D eigenvalue weighted by Crippen LogP contribution is -1.99. The van der Waals surface area contributed by atoms with E-state index in [1.54, 1.807) is 23.0 Å². The van der Waals surface area contributed by atoms with Gasteiger partial charge >= 0.3 is 0 Å². The summed E-state index contributed by atoms with van der Waals surface area (Å²) in [5.74, 6) is 0.00411. The van der Waals surface area contributed by atoms with Gasteiger partial charge in [0.25, 0.3) is 0 Å². The lowest BCUT2D eigenvalue weighted by atomic mass is 10.1. The molecule has 3 N–H and O–H groups in total. The lowest BCUT2D eigenvalue weighted by molar-refractivity contribution is 0.626. The van der Waals surface area contributed by atoms with Crippen LogP contribution in [0.5, 0.6) is 0 Å². The zero-order chi connectivity index (χ0) is 19.7. The molecule has 0 saturated heterocycles. The molecule has 0 spiro atoms. The molecule has 6 nitrogen and oxygen atoms in total. The van der Waals surface area contributed by atoms with Gasteiger partial charge in [0.2, 0.25) is 0 Å². The summed E-state index contributed by atoms with van der Waals surface area (Å²) < 4.78 is 15.8. The Balaban J connectivity index is 1.65. The Hall–Kier alpha value is -3.45. The molecule has 4 aromatic rings. The van der Waals surface area contributed by atoms with Gasteiger partial charge in [-0.25, -0.2) is 9.37 Å². The van der Waals surface area contributed by atoms with Crippen LogP contribution in [0.2, 0.25) is 5.15 Å². The third kappa shape index (κ3) is 3.65. The van der Waals surface area contributed by atoms with E-state index in [-0.39, 0.29) is 10.8 Å². The number of halogens is 2. The van der Waals surface area contributed by atoms with Crippen molar-refractivity contribution in [1.29, 1.82) is 0 Å². The van der Waals surface area contributed by atoms with Gasteiger partial charge in [-0.05, 0) is 42.0 Å². The highest BCUT2D eigenvalue weighted by molar-refractivity contribution is 6.29. The van der Waals surface area contributed by atoms with Crippen LogP contribution in [0.4, 0.5) is 21.6 Å². The smallest absolute Gasteiger partial charge is 0.149 e. The predicted octanol–water partition coefficient (Wildman–Crippen LogP) is 4.66. The van der Waals surface area contributed by atoms with Gasteiger partial charge in [0.15, 0.2) is 0 Å². The Morgan fingerprint density at radius 2 is 1.96 bits per heavy atom. The van der Waals surface area contributed by atoms with E-state index < -0.39 is 5.82 Å². The fraction of sp³-hybridized carbons (Fsp3) is 0.0500. The Kier molecular flexibility index (Phi) is 4.67. The van der Waals surface area contributed by atoms with Gasteiger partial charge in [-0.3, -0.25) is 9.67 Å². The molecule has 0 fully saturated rings. The second kappa shape index (κ2) is 7.28. The van der Waals surface area contributed by atoms with Crippen LogP contribution in [-0.4, -0.2) is 19.7 Å². The first kappa shape index (κ1) is 17.9. The monoisotopic (exact) mass is 394 g/mol. The van der Waals surface area contributed by atoms with E-state index in [4.69, 9.17) is 17.3 Å². The van der Waals surface area contributed by atoms with E-state index >= 15 is 0 Å². The molecule has 3 aromatic heterocycles. The molecule has 4 rings (SSSR count). The van der Waals surface area contributed by atoms with Crippen molar-refractivity contribution in [3.8, 4) is 22.4 Å². The molecule has 0 unspecified atom stereocenters. The lowest BCUT2D eigenvalue weighted by Gasteiger charge is -2.12. The maximum atomic E-state index is 14.1. The van der Waals surface area contributed by atoms with Crippen molar-refractivity contribution in [2.24, 2.45) is 7.05 Å². The molecule has 3 heterocycles. The van der Waals surface area contributed by atoms with Crippen molar-refractivity contribution in [3.63, 3.8) is 0 Å². The van der Waals surface area contributed by atoms with Crippen LogP contribution in [0.1, 0.15) is 0 Å². The van der Waals surface area contributed by atoms with Gasteiger partial charge in [-0.1, -0.05) is 17.7 Å². The van der Waals surface area contributed by atoms with Crippen molar-refractivity contribution < 1.29 is 4.39 Å². The molecule has 0 aliphatic heterocycles. The zero-order valence-electron chi connectivity index (χ0n) is 14.9. The minimum Gasteiger partial charge on any atom is -0.397 e.